The Labute approximate surface area is 139 Å². The molecule has 0 heterocycles. The van der Waals surface area contributed by atoms with Gasteiger partial charge in [0.1, 0.15) is 5.75 Å². The smallest absolute Gasteiger partial charge is 0.119 e. The minimum Gasteiger partial charge on any atom is -0.497 e. The molecule has 0 aromatic heterocycles. The van der Waals surface area contributed by atoms with E-state index in [0.29, 0.717) is 0 Å². The topological polar surface area (TPSA) is 9.23 Å². The number of ether oxygens (including phenoxy) is 1. The van der Waals surface area contributed by atoms with Crippen molar-refractivity contribution in [1.29, 1.82) is 0 Å². The first-order chi connectivity index (χ1) is 10.4. The van der Waals surface area contributed by atoms with Gasteiger partial charge in [-0.1, -0.05) is 64.1 Å². The Morgan fingerprint density at radius 2 is 1.90 bits per heavy atom. The monoisotopic (exact) mass is 334 g/mol. The van der Waals surface area contributed by atoms with Crippen LogP contribution in [0.1, 0.15) is 5.56 Å². The summed E-state index contributed by atoms with van der Waals surface area (Å²) in [6.07, 6.45) is 2.20. The third-order valence-electron chi connectivity index (χ3n) is 2.68. The summed E-state index contributed by atoms with van der Waals surface area (Å²) in [6.45, 7) is 0. The van der Waals surface area contributed by atoms with Crippen LogP contribution in [-0.4, -0.2) is 12.9 Å². The Morgan fingerprint density at radius 1 is 1.05 bits per heavy atom. The first-order valence-corrected chi connectivity index (χ1v) is 9.99. The minimum atomic E-state index is 0.914. The summed E-state index contributed by atoms with van der Waals surface area (Å²) in [7, 11) is 5.35. The second-order valence-corrected chi connectivity index (χ2v) is 7.57. The fourth-order valence-corrected chi connectivity index (χ4v) is 4.24. The van der Waals surface area contributed by atoms with Gasteiger partial charge in [0.05, 0.1) is 7.11 Å². The van der Waals surface area contributed by atoms with Crippen LogP contribution in [0.25, 0.3) is 0 Å². The van der Waals surface area contributed by atoms with E-state index in [0.717, 1.165) is 17.3 Å². The van der Waals surface area contributed by atoms with Crippen molar-refractivity contribution in [2.75, 3.05) is 12.9 Å². The molecule has 0 amide bonds. The quantitative estimate of drug-likeness (QED) is 0.338. The van der Waals surface area contributed by atoms with Gasteiger partial charge < -0.3 is 4.74 Å². The number of rotatable bonds is 8. The molecule has 0 aliphatic rings. The van der Waals surface area contributed by atoms with E-state index in [1.165, 1.54) is 10.5 Å². The van der Waals surface area contributed by atoms with E-state index in [4.69, 9.17) is 4.74 Å². The van der Waals surface area contributed by atoms with Crippen molar-refractivity contribution in [3.8, 4) is 5.75 Å². The third kappa shape index (κ3) is 6.55. The van der Waals surface area contributed by atoms with Gasteiger partial charge in [-0.05, 0) is 29.2 Å². The molecule has 0 saturated heterocycles. The van der Waals surface area contributed by atoms with Crippen LogP contribution in [0, 0.1) is 0 Å². The van der Waals surface area contributed by atoms with Crippen LogP contribution in [0.2, 0.25) is 0 Å². The Morgan fingerprint density at radius 3 is 2.71 bits per heavy atom. The molecule has 0 radical (unpaired) electrons. The highest BCUT2D eigenvalue weighted by molar-refractivity contribution is 8.77. The summed E-state index contributed by atoms with van der Waals surface area (Å²) in [5, 5.41) is 2.17. The normalized spacial score (nSPS) is 10.9. The van der Waals surface area contributed by atoms with Crippen LogP contribution in [0.5, 0.6) is 5.75 Å². The molecule has 4 heteroatoms. The molecule has 0 saturated carbocycles. The maximum absolute atomic E-state index is 5.22. The van der Waals surface area contributed by atoms with Gasteiger partial charge in [-0.15, -0.1) is 11.8 Å². The Balaban J connectivity index is 1.62. The highest BCUT2D eigenvalue weighted by Gasteiger charge is 1.95. The second-order valence-electron chi connectivity index (χ2n) is 4.21. The fourth-order valence-electron chi connectivity index (χ4n) is 1.63. The highest BCUT2D eigenvalue weighted by atomic mass is 33.1. The largest absolute Gasteiger partial charge is 0.497 e. The summed E-state index contributed by atoms with van der Waals surface area (Å²) in [4.78, 5) is 1.24. The fraction of sp³-hybridized carbons (Fsp3) is 0.176. The standard InChI is InChI=1S/C17H18OS3/c1-18-16-9-5-10-17(13-16)19-11-6-12-20-21-14-15-7-3-2-4-8-15/h2-10,12-13H,11,14H2,1H3/b12-6-. The van der Waals surface area contributed by atoms with Gasteiger partial charge in [0.15, 0.2) is 0 Å². The van der Waals surface area contributed by atoms with Crippen LogP contribution >= 0.6 is 33.3 Å². The van der Waals surface area contributed by atoms with Gasteiger partial charge in [0.2, 0.25) is 0 Å². The molecule has 0 spiro atoms. The zero-order valence-electron chi connectivity index (χ0n) is 11.9. The van der Waals surface area contributed by atoms with Crippen LogP contribution in [0.4, 0.5) is 0 Å². The SMILES string of the molecule is COc1cccc(SC/C=C\SSCc2ccccc2)c1. The van der Waals surface area contributed by atoms with Crippen molar-refractivity contribution in [3.05, 3.63) is 71.6 Å². The lowest BCUT2D eigenvalue weighted by molar-refractivity contribution is 0.413. The number of methoxy groups -OCH3 is 1. The minimum absolute atomic E-state index is 0.914. The first kappa shape index (κ1) is 16.4. The maximum atomic E-state index is 5.22. The van der Waals surface area contributed by atoms with Crippen molar-refractivity contribution in [2.24, 2.45) is 0 Å². The highest BCUT2D eigenvalue weighted by Crippen LogP contribution is 2.28. The van der Waals surface area contributed by atoms with Crippen LogP contribution in [0.3, 0.4) is 0 Å². The summed E-state index contributed by atoms with van der Waals surface area (Å²) in [5.41, 5.74) is 1.37. The Bertz CT molecular complexity index is 555. The van der Waals surface area contributed by atoms with E-state index >= 15 is 0 Å². The zero-order valence-corrected chi connectivity index (χ0v) is 14.3. The van der Waals surface area contributed by atoms with Crippen molar-refractivity contribution in [2.45, 2.75) is 10.6 Å². The average molecular weight is 335 g/mol. The molecule has 0 bridgehead atoms. The van der Waals surface area contributed by atoms with Crippen molar-refractivity contribution >= 4 is 33.3 Å². The molecule has 110 valence electrons. The van der Waals surface area contributed by atoms with E-state index in [9.17, 15) is 0 Å². The van der Waals surface area contributed by atoms with Gasteiger partial charge in [-0.3, -0.25) is 0 Å². The second kappa shape index (κ2) is 9.87. The number of thioether (sulfide) groups is 1. The number of hydrogen-bond acceptors (Lipinski definition) is 4. The van der Waals surface area contributed by atoms with E-state index in [1.54, 1.807) is 17.9 Å². The van der Waals surface area contributed by atoms with E-state index in [-0.39, 0.29) is 0 Å². The summed E-state index contributed by atoms with van der Waals surface area (Å²) in [6, 6.07) is 18.7. The zero-order chi connectivity index (χ0) is 14.8. The Kier molecular flexibility index (Phi) is 7.71. The van der Waals surface area contributed by atoms with E-state index in [1.807, 2.05) is 34.7 Å². The van der Waals surface area contributed by atoms with Gasteiger partial charge in [0.25, 0.3) is 0 Å². The average Bonchev–Trinajstić information content (AvgIpc) is 2.55. The molecule has 0 aliphatic carbocycles. The lowest BCUT2D eigenvalue weighted by atomic mass is 10.2. The first-order valence-electron chi connectivity index (χ1n) is 6.62. The molecule has 0 N–H and O–H groups in total. The molecule has 21 heavy (non-hydrogen) atoms. The van der Waals surface area contributed by atoms with E-state index < -0.39 is 0 Å². The van der Waals surface area contributed by atoms with Gasteiger partial charge >= 0.3 is 0 Å². The summed E-state index contributed by atoms with van der Waals surface area (Å²) >= 11 is 1.81. The van der Waals surface area contributed by atoms with Crippen molar-refractivity contribution in [3.63, 3.8) is 0 Å². The molecule has 0 aliphatic heterocycles. The molecular weight excluding hydrogens is 316 g/mol. The van der Waals surface area contributed by atoms with E-state index in [2.05, 4.69) is 53.9 Å². The molecule has 2 aromatic rings. The molecular formula is C17H18OS3. The van der Waals surface area contributed by atoms with Crippen LogP contribution in [-0.2, 0) is 5.75 Å². The van der Waals surface area contributed by atoms with Crippen LogP contribution in [0.15, 0.2) is 71.0 Å². The Hall–Kier alpha value is -0.970. The lowest BCUT2D eigenvalue weighted by Gasteiger charge is -2.02. The predicted molar refractivity (Wildman–Crippen MR) is 98.2 cm³/mol. The molecule has 0 atom stereocenters. The number of hydrogen-bond donors (Lipinski definition) is 0. The van der Waals surface area contributed by atoms with Gasteiger partial charge in [0, 0.05) is 16.4 Å². The van der Waals surface area contributed by atoms with Gasteiger partial charge in [-0.2, -0.15) is 0 Å². The van der Waals surface area contributed by atoms with Gasteiger partial charge in [-0.25, -0.2) is 0 Å². The van der Waals surface area contributed by atoms with Crippen molar-refractivity contribution in [1.82, 2.24) is 0 Å². The third-order valence-corrected chi connectivity index (χ3v) is 5.61. The molecule has 2 aromatic carbocycles. The molecule has 1 nitrogen and oxygen atoms in total. The van der Waals surface area contributed by atoms with Crippen LogP contribution < -0.4 is 4.74 Å². The summed E-state index contributed by atoms with van der Waals surface area (Å²) in [5.74, 6) is 2.93. The van der Waals surface area contributed by atoms with Crippen molar-refractivity contribution < 1.29 is 4.74 Å². The number of benzene rings is 2. The lowest BCUT2D eigenvalue weighted by Crippen LogP contribution is -1.82. The predicted octanol–water partition coefficient (Wildman–Crippen LogP) is 5.88. The molecule has 0 unspecified atom stereocenters. The maximum Gasteiger partial charge on any atom is 0.119 e. The molecule has 0 fully saturated rings. The molecule has 2 rings (SSSR count). The summed E-state index contributed by atoms with van der Waals surface area (Å²) < 4.78 is 5.22.